The lowest BCUT2D eigenvalue weighted by Gasteiger charge is -2.35. The smallest absolute Gasteiger partial charge is 0.238 e. The van der Waals surface area contributed by atoms with Crippen molar-refractivity contribution >= 4 is 5.91 Å². The summed E-state index contributed by atoms with van der Waals surface area (Å²) >= 11 is 0. The lowest BCUT2D eigenvalue weighted by Crippen LogP contribution is -2.49. The Morgan fingerprint density at radius 1 is 1.67 bits per heavy atom. The van der Waals surface area contributed by atoms with Crippen molar-refractivity contribution in [3.63, 3.8) is 0 Å². The average molecular weight is 171 g/mol. The minimum absolute atomic E-state index is 0.0333. The van der Waals surface area contributed by atoms with Gasteiger partial charge in [-0.25, -0.2) is 5.84 Å². The van der Waals surface area contributed by atoms with Crippen molar-refractivity contribution in [2.24, 2.45) is 11.8 Å². The van der Waals surface area contributed by atoms with E-state index >= 15 is 0 Å². The number of nitrogens with one attached hydrogen (secondary N) is 1. The second-order valence-electron chi connectivity index (χ2n) is 3.48. The number of hydrogen-bond donors (Lipinski definition) is 2. The average Bonchev–Trinajstić information content (AvgIpc) is 2.08. The highest BCUT2D eigenvalue weighted by atomic mass is 16.2. The Balaban J connectivity index is 2.57. The van der Waals surface area contributed by atoms with Crippen LogP contribution in [0.3, 0.4) is 0 Å². The number of likely N-dealkylation sites (tertiary alicyclic amines) is 1. The van der Waals surface area contributed by atoms with Crippen molar-refractivity contribution in [3.05, 3.63) is 0 Å². The Morgan fingerprint density at radius 2 is 2.33 bits per heavy atom. The number of amides is 1. The molecule has 0 aliphatic carbocycles. The van der Waals surface area contributed by atoms with Gasteiger partial charge in [-0.15, -0.1) is 0 Å². The van der Waals surface area contributed by atoms with E-state index in [2.05, 4.69) is 17.2 Å². The molecule has 1 rings (SSSR count). The molecule has 70 valence electrons. The molecule has 1 heterocycles. The number of carbonyl (C=O) groups excluding carboxylic acids is 1. The van der Waals surface area contributed by atoms with Crippen LogP contribution in [0.4, 0.5) is 0 Å². The zero-order valence-corrected chi connectivity index (χ0v) is 7.71. The van der Waals surface area contributed by atoms with Gasteiger partial charge in [-0.05, 0) is 33.4 Å². The molecular formula is C8H17N3O. The first-order chi connectivity index (χ1) is 5.66. The van der Waals surface area contributed by atoms with E-state index in [9.17, 15) is 4.79 Å². The fourth-order valence-corrected chi connectivity index (χ4v) is 1.77. The number of hydrogen-bond acceptors (Lipinski definition) is 3. The predicted octanol–water partition coefficient (Wildman–Crippen LogP) is -0.293. The van der Waals surface area contributed by atoms with Crippen LogP contribution >= 0.6 is 0 Å². The largest absolute Gasteiger partial charge is 0.303 e. The first kappa shape index (κ1) is 9.48. The molecule has 0 aromatic rings. The van der Waals surface area contributed by atoms with Gasteiger partial charge in [0.2, 0.25) is 5.91 Å². The monoisotopic (exact) mass is 171 g/mol. The summed E-state index contributed by atoms with van der Waals surface area (Å²) in [6.45, 7) is 3.15. The molecule has 1 amide bonds. The zero-order chi connectivity index (χ0) is 9.14. The van der Waals surface area contributed by atoms with Gasteiger partial charge in [-0.3, -0.25) is 10.2 Å². The van der Waals surface area contributed by atoms with E-state index in [1.165, 1.54) is 0 Å². The maximum Gasteiger partial charge on any atom is 0.238 e. The molecule has 0 bridgehead atoms. The number of nitrogens with two attached hydrogens (primary N) is 1. The molecule has 3 N–H and O–H groups in total. The summed E-state index contributed by atoms with van der Waals surface area (Å²) in [6, 6.07) is 0.308. The van der Waals surface area contributed by atoms with Crippen LogP contribution in [0.5, 0.6) is 0 Å². The second-order valence-corrected chi connectivity index (χ2v) is 3.48. The van der Waals surface area contributed by atoms with Gasteiger partial charge >= 0.3 is 0 Å². The number of nitrogens with zero attached hydrogens (tertiary/aromatic N) is 1. The molecule has 1 aliphatic heterocycles. The van der Waals surface area contributed by atoms with Gasteiger partial charge < -0.3 is 4.90 Å². The molecule has 2 atom stereocenters. The van der Waals surface area contributed by atoms with Crippen molar-refractivity contribution in [1.82, 2.24) is 10.3 Å². The summed E-state index contributed by atoms with van der Waals surface area (Å²) in [5.41, 5.74) is 2.22. The Labute approximate surface area is 73.1 Å². The van der Waals surface area contributed by atoms with Crippen LogP contribution in [0.2, 0.25) is 0 Å². The van der Waals surface area contributed by atoms with Crippen LogP contribution in [-0.2, 0) is 4.79 Å². The highest BCUT2D eigenvalue weighted by molar-refractivity contribution is 5.78. The van der Waals surface area contributed by atoms with Gasteiger partial charge in [0.25, 0.3) is 0 Å². The van der Waals surface area contributed by atoms with Crippen molar-refractivity contribution in [3.8, 4) is 0 Å². The Morgan fingerprint density at radius 3 is 2.92 bits per heavy atom. The fourth-order valence-electron chi connectivity index (χ4n) is 1.77. The molecule has 12 heavy (non-hydrogen) atoms. The standard InChI is InChI=1S/C8H17N3O/c1-6-7(8(12)10-9)4-3-5-11(6)2/h6-7H,3-5,9H2,1-2H3,(H,10,12). The Bertz CT molecular complexity index is 172. The molecule has 1 saturated heterocycles. The maximum absolute atomic E-state index is 11.3. The number of hydrazine groups is 1. The van der Waals surface area contributed by atoms with Crippen LogP contribution in [0.1, 0.15) is 19.8 Å². The fraction of sp³-hybridized carbons (Fsp3) is 0.875. The Hall–Kier alpha value is -0.610. The highest BCUT2D eigenvalue weighted by Crippen LogP contribution is 2.21. The third-order valence-corrected chi connectivity index (χ3v) is 2.78. The van der Waals surface area contributed by atoms with E-state index in [4.69, 9.17) is 5.84 Å². The van der Waals surface area contributed by atoms with Crippen LogP contribution in [-0.4, -0.2) is 30.4 Å². The Kier molecular flexibility index (Phi) is 3.05. The first-order valence-corrected chi connectivity index (χ1v) is 4.37. The van der Waals surface area contributed by atoms with Crippen molar-refractivity contribution in [2.75, 3.05) is 13.6 Å². The van der Waals surface area contributed by atoms with Crippen molar-refractivity contribution in [2.45, 2.75) is 25.8 Å². The summed E-state index contributed by atoms with van der Waals surface area (Å²) in [5.74, 6) is 5.12. The van der Waals surface area contributed by atoms with Crippen LogP contribution in [0.15, 0.2) is 0 Å². The lowest BCUT2D eigenvalue weighted by molar-refractivity contribution is -0.128. The van der Waals surface area contributed by atoms with Gasteiger partial charge in [-0.1, -0.05) is 0 Å². The normalized spacial score (nSPS) is 31.6. The molecule has 1 fully saturated rings. The molecule has 0 radical (unpaired) electrons. The van der Waals surface area contributed by atoms with E-state index in [0.29, 0.717) is 6.04 Å². The maximum atomic E-state index is 11.3. The minimum atomic E-state index is -0.0333. The topological polar surface area (TPSA) is 58.4 Å². The van der Waals surface area contributed by atoms with E-state index in [-0.39, 0.29) is 11.8 Å². The predicted molar refractivity (Wildman–Crippen MR) is 47.1 cm³/mol. The number of piperidine rings is 1. The van der Waals surface area contributed by atoms with Gasteiger partial charge in [0.15, 0.2) is 0 Å². The van der Waals surface area contributed by atoms with E-state index in [0.717, 1.165) is 19.4 Å². The third kappa shape index (κ3) is 1.76. The highest BCUT2D eigenvalue weighted by Gasteiger charge is 2.30. The second kappa shape index (κ2) is 3.87. The molecule has 2 unspecified atom stereocenters. The van der Waals surface area contributed by atoms with E-state index in [1.54, 1.807) is 0 Å². The summed E-state index contributed by atoms with van der Waals surface area (Å²) < 4.78 is 0. The number of carbonyl (C=O) groups is 1. The first-order valence-electron chi connectivity index (χ1n) is 4.37. The molecule has 1 aliphatic rings. The summed E-state index contributed by atoms with van der Waals surface area (Å²) in [5, 5.41) is 0. The molecule has 0 aromatic carbocycles. The summed E-state index contributed by atoms with van der Waals surface area (Å²) in [7, 11) is 2.04. The van der Waals surface area contributed by atoms with Crippen LogP contribution < -0.4 is 11.3 Å². The van der Waals surface area contributed by atoms with Crippen LogP contribution in [0.25, 0.3) is 0 Å². The summed E-state index contributed by atoms with van der Waals surface area (Å²) in [6.07, 6.45) is 2.04. The van der Waals surface area contributed by atoms with E-state index in [1.807, 2.05) is 7.05 Å². The quantitative estimate of drug-likeness (QED) is 0.324. The molecular weight excluding hydrogens is 154 g/mol. The van der Waals surface area contributed by atoms with E-state index < -0.39 is 0 Å². The third-order valence-electron chi connectivity index (χ3n) is 2.78. The molecule has 4 heteroatoms. The lowest BCUT2D eigenvalue weighted by atomic mass is 9.90. The van der Waals surface area contributed by atoms with Gasteiger partial charge in [0, 0.05) is 6.04 Å². The summed E-state index contributed by atoms with van der Waals surface area (Å²) in [4.78, 5) is 13.5. The number of rotatable bonds is 1. The molecule has 0 spiro atoms. The minimum Gasteiger partial charge on any atom is -0.303 e. The van der Waals surface area contributed by atoms with Crippen molar-refractivity contribution in [1.29, 1.82) is 0 Å². The van der Waals surface area contributed by atoms with Crippen molar-refractivity contribution < 1.29 is 4.79 Å². The molecule has 0 saturated carbocycles. The van der Waals surface area contributed by atoms with Crippen LogP contribution in [0, 0.1) is 5.92 Å². The van der Waals surface area contributed by atoms with Gasteiger partial charge in [-0.2, -0.15) is 0 Å². The molecule has 0 aromatic heterocycles. The SMILES string of the molecule is CC1C(C(=O)NN)CCCN1C. The van der Waals surface area contributed by atoms with Gasteiger partial charge in [0.05, 0.1) is 5.92 Å². The zero-order valence-electron chi connectivity index (χ0n) is 7.71. The molecule has 4 nitrogen and oxygen atoms in total. The van der Waals surface area contributed by atoms with Gasteiger partial charge in [0.1, 0.15) is 0 Å².